The number of benzene rings is 1. The zero-order chi connectivity index (χ0) is 13.1. The van der Waals surface area contributed by atoms with Gasteiger partial charge in [0.15, 0.2) is 0 Å². The number of carbonyl (C=O) groups is 1. The average Bonchev–Trinajstić information content (AvgIpc) is 2.33. The van der Waals surface area contributed by atoms with Crippen LogP contribution in [-0.4, -0.2) is 10.9 Å². The molecule has 2 rings (SSSR count). The van der Waals surface area contributed by atoms with Gasteiger partial charge in [-0.2, -0.15) is 0 Å². The van der Waals surface area contributed by atoms with Gasteiger partial charge in [-0.05, 0) is 58.7 Å². The number of hydrogen-bond acceptors (Lipinski definition) is 2. The van der Waals surface area contributed by atoms with Crippen LogP contribution in [0.4, 0.5) is 5.82 Å². The molecule has 0 saturated carbocycles. The molecule has 0 aliphatic heterocycles. The van der Waals surface area contributed by atoms with Gasteiger partial charge in [-0.25, -0.2) is 4.98 Å². The Morgan fingerprint density at radius 1 is 1.17 bits per heavy atom. The standard InChI is InChI=1S/C13H10Br2N2O/c1-8-6-11(15)7-16-12(8)17-13(18)9-2-4-10(14)5-3-9/h2-7H,1H3,(H,16,17,18). The van der Waals surface area contributed by atoms with E-state index in [9.17, 15) is 4.79 Å². The van der Waals surface area contributed by atoms with Crippen LogP contribution in [-0.2, 0) is 0 Å². The molecule has 3 nitrogen and oxygen atoms in total. The average molecular weight is 370 g/mol. The maximum atomic E-state index is 12.0. The molecule has 1 aromatic carbocycles. The second kappa shape index (κ2) is 5.63. The number of carbonyl (C=O) groups excluding carboxylic acids is 1. The lowest BCUT2D eigenvalue weighted by Crippen LogP contribution is -2.13. The van der Waals surface area contributed by atoms with Crippen LogP contribution in [0, 0.1) is 6.92 Å². The molecule has 0 aliphatic rings. The van der Waals surface area contributed by atoms with E-state index in [1.807, 2.05) is 25.1 Å². The summed E-state index contributed by atoms with van der Waals surface area (Å²) in [7, 11) is 0. The van der Waals surface area contributed by atoms with E-state index < -0.39 is 0 Å². The van der Waals surface area contributed by atoms with Crippen LogP contribution in [0.5, 0.6) is 0 Å². The molecule has 0 unspecified atom stereocenters. The third-order valence-corrected chi connectivity index (χ3v) is 3.35. The van der Waals surface area contributed by atoms with E-state index >= 15 is 0 Å². The molecule has 0 atom stereocenters. The number of hydrogen-bond donors (Lipinski definition) is 1. The van der Waals surface area contributed by atoms with E-state index in [0.717, 1.165) is 14.5 Å². The maximum absolute atomic E-state index is 12.0. The van der Waals surface area contributed by atoms with Crippen molar-refractivity contribution in [1.82, 2.24) is 4.98 Å². The number of rotatable bonds is 2. The summed E-state index contributed by atoms with van der Waals surface area (Å²) in [6.07, 6.45) is 1.66. The van der Waals surface area contributed by atoms with Gasteiger partial charge in [0.25, 0.3) is 5.91 Å². The monoisotopic (exact) mass is 368 g/mol. The Kier molecular flexibility index (Phi) is 4.14. The minimum absolute atomic E-state index is 0.166. The predicted octanol–water partition coefficient (Wildman–Crippen LogP) is 4.17. The fourth-order valence-corrected chi connectivity index (χ4v) is 2.16. The maximum Gasteiger partial charge on any atom is 0.256 e. The lowest BCUT2D eigenvalue weighted by Gasteiger charge is -2.07. The van der Waals surface area contributed by atoms with Gasteiger partial charge >= 0.3 is 0 Å². The quantitative estimate of drug-likeness (QED) is 0.863. The summed E-state index contributed by atoms with van der Waals surface area (Å²) in [5.41, 5.74) is 1.51. The summed E-state index contributed by atoms with van der Waals surface area (Å²) < 4.78 is 1.83. The molecule has 0 bridgehead atoms. The van der Waals surface area contributed by atoms with Crippen LogP contribution in [0.15, 0.2) is 45.5 Å². The highest BCUT2D eigenvalue weighted by Gasteiger charge is 2.08. The molecule has 0 fully saturated rings. The minimum Gasteiger partial charge on any atom is -0.306 e. The largest absolute Gasteiger partial charge is 0.306 e. The third kappa shape index (κ3) is 3.17. The van der Waals surface area contributed by atoms with Gasteiger partial charge in [0.05, 0.1) is 0 Å². The van der Waals surface area contributed by atoms with Gasteiger partial charge in [0.1, 0.15) is 5.82 Å². The highest BCUT2D eigenvalue weighted by Crippen LogP contribution is 2.18. The van der Waals surface area contributed by atoms with Crippen molar-refractivity contribution in [3.05, 3.63) is 56.6 Å². The number of pyridine rings is 1. The molecular formula is C13H10Br2N2O. The fourth-order valence-electron chi connectivity index (χ4n) is 1.45. The molecular weight excluding hydrogens is 360 g/mol. The Bertz CT molecular complexity index is 582. The SMILES string of the molecule is Cc1cc(Br)cnc1NC(=O)c1ccc(Br)cc1. The van der Waals surface area contributed by atoms with Crippen LogP contribution < -0.4 is 5.32 Å². The lowest BCUT2D eigenvalue weighted by atomic mass is 10.2. The van der Waals surface area contributed by atoms with Crippen molar-refractivity contribution < 1.29 is 4.79 Å². The summed E-state index contributed by atoms with van der Waals surface area (Å²) in [5.74, 6) is 0.409. The molecule has 1 N–H and O–H groups in total. The van der Waals surface area contributed by atoms with E-state index in [2.05, 4.69) is 42.2 Å². The number of aromatic nitrogens is 1. The highest BCUT2D eigenvalue weighted by molar-refractivity contribution is 9.10. The minimum atomic E-state index is -0.166. The Labute approximate surface area is 122 Å². The molecule has 1 heterocycles. The summed E-state index contributed by atoms with van der Waals surface area (Å²) in [6, 6.07) is 9.08. The number of nitrogens with zero attached hydrogens (tertiary/aromatic N) is 1. The van der Waals surface area contributed by atoms with Crippen molar-refractivity contribution in [3.8, 4) is 0 Å². The predicted molar refractivity (Wildman–Crippen MR) is 78.8 cm³/mol. The molecule has 2 aromatic rings. The number of aryl methyl sites for hydroxylation is 1. The van der Waals surface area contributed by atoms with Gasteiger partial charge in [-0.3, -0.25) is 4.79 Å². The highest BCUT2D eigenvalue weighted by atomic mass is 79.9. The number of amides is 1. The van der Waals surface area contributed by atoms with Crippen molar-refractivity contribution in [2.24, 2.45) is 0 Å². The fraction of sp³-hybridized carbons (Fsp3) is 0.0769. The second-order valence-corrected chi connectivity index (χ2v) is 5.61. The van der Waals surface area contributed by atoms with E-state index in [-0.39, 0.29) is 5.91 Å². The van der Waals surface area contributed by atoms with Gasteiger partial charge in [0.2, 0.25) is 0 Å². The summed E-state index contributed by atoms with van der Waals surface area (Å²) in [4.78, 5) is 16.2. The van der Waals surface area contributed by atoms with Gasteiger partial charge in [0, 0.05) is 20.7 Å². The van der Waals surface area contributed by atoms with Crippen LogP contribution in [0.25, 0.3) is 0 Å². The first kappa shape index (κ1) is 13.2. The van der Waals surface area contributed by atoms with E-state index in [4.69, 9.17) is 0 Å². The zero-order valence-corrected chi connectivity index (χ0v) is 12.7. The molecule has 92 valence electrons. The Balaban J connectivity index is 2.18. The smallest absolute Gasteiger partial charge is 0.256 e. The van der Waals surface area contributed by atoms with Crippen molar-refractivity contribution in [2.45, 2.75) is 6.92 Å². The third-order valence-electron chi connectivity index (χ3n) is 2.38. The molecule has 1 amide bonds. The molecule has 0 spiro atoms. The summed E-state index contributed by atoms with van der Waals surface area (Å²) >= 11 is 6.67. The van der Waals surface area contributed by atoms with Crippen molar-refractivity contribution in [3.63, 3.8) is 0 Å². The lowest BCUT2D eigenvalue weighted by molar-refractivity contribution is 0.102. The van der Waals surface area contributed by atoms with E-state index in [1.165, 1.54) is 0 Å². The molecule has 0 saturated heterocycles. The van der Waals surface area contributed by atoms with Crippen molar-refractivity contribution in [2.75, 3.05) is 5.32 Å². The van der Waals surface area contributed by atoms with Crippen LogP contribution in [0.1, 0.15) is 15.9 Å². The first-order chi connectivity index (χ1) is 8.56. The molecule has 18 heavy (non-hydrogen) atoms. The molecule has 0 radical (unpaired) electrons. The topological polar surface area (TPSA) is 42.0 Å². The normalized spacial score (nSPS) is 10.2. The summed E-state index contributed by atoms with van der Waals surface area (Å²) in [5, 5.41) is 2.79. The van der Waals surface area contributed by atoms with E-state index in [1.54, 1.807) is 18.3 Å². The van der Waals surface area contributed by atoms with Crippen LogP contribution >= 0.6 is 31.9 Å². The molecule has 1 aromatic heterocycles. The first-order valence-electron chi connectivity index (χ1n) is 5.25. The van der Waals surface area contributed by atoms with Gasteiger partial charge in [-0.15, -0.1) is 0 Å². The van der Waals surface area contributed by atoms with Crippen molar-refractivity contribution >= 4 is 43.6 Å². The number of halogens is 2. The van der Waals surface area contributed by atoms with Crippen molar-refractivity contribution in [1.29, 1.82) is 0 Å². The van der Waals surface area contributed by atoms with Crippen LogP contribution in [0.2, 0.25) is 0 Å². The second-order valence-electron chi connectivity index (χ2n) is 3.78. The first-order valence-corrected chi connectivity index (χ1v) is 6.84. The molecule has 0 aliphatic carbocycles. The summed E-state index contributed by atoms with van der Waals surface area (Å²) in [6.45, 7) is 1.90. The Morgan fingerprint density at radius 3 is 2.44 bits per heavy atom. The van der Waals surface area contributed by atoms with E-state index in [0.29, 0.717) is 11.4 Å². The zero-order valence-electron chi connectivity index (χ0n) is 9.58. The Hall–Kier alpha value is -1.20. The number of nitrogens with one attached hydrogen (secondary N) is 1. The van der Waals surface area contributed by atoms with Crippen LogP contribution in [0.3, 0.4) is 0 Å². The van der Waals surface area contributed by atoms with Gasteiger partial charge < -0.3 is 5.32 Å². The Morgan fingerprint density at radius 2 is 1.83 bits per heavy atom. The van der Waals surface area contributed by atoms with Gasteiger partial charge in [-0.1, -0.05) is 15.9 Å². The number of anilines is 1. The molecule has 5 heteroatoms.